The molecule has 0 fully saturated rings. The van der Waals surface area contributed by atoms with E-state index in [9.17, 15) is 4.79 Å². The lowest BCUT2D eigenvalue weighted by atomic mass is 10.1. The zero-order chi connectivity index (χ0) is 18.9. The average molecular weight is 360 g/mol. The number of pyridine rings is 2. The third kappa shape index (κ3) is 5.64. The van der Waals surface area contributed by atoms with Gasteiger partial charge in [0.25, 0.3) is 5.91 Å². The van der Waals surface area contributed by atoms with E-state index in [4.69, 9.17) is 0 Å². The van der Waals surface area contributed by atoms with Crippen LogP contribution in [0, 0.1) is 0 Å². The molecule has 0 aliphatic heterocycles. The summed E-state index contributed by atoms with van der Waals surface area (Å²) in [6.07, 6.45) is 6.93. The van der Waals surface area contributed by atoms with Gasteiger partial charge in [0.05, 0.1) is 0 Å². The zero-order valence-corrected chi connectivity index (χ0v) is 15.5. The molecule has 0 unspecified atom stereocenters. The number of nitrogens with zero attached hydrogens (tertiary/aromatic N) is 3. The molecule has 1 amide bonds. The van der Waals surface area contributed by atoms with E-state index >= 15 is 0 Å². The van der Waals surface area contributed by atoms with Crippen LogP contribution in [0.5, 0.6) is 0 Å². The van der Waals surface area contributed by atoms with Gasteiger partial charge in [0.15, 0.2) is 0 Å². The summed E-state index contributed by atoms with van der Waals surface area (Å²) in [4.78, 5) is 22.7. The number of hydrogen-bond donors (Lipinski definition) is 1. The van der Waals surface area contributed by atoms with Gasteiger partial charge < -0.3 is 10.2 Å². The van der Waals surface area contributed by atoms with Crippen LogP contribution in [0.3, 0.4) is 0 Å². The Morgan fingerprint density at radius 1 is 0.963 bits per heavy atom. The highest BCUT2D eigenvalue weighted by molar-refractivity contribution is 5.94. The van der Waals surface area contributed by atoms with Gasteiger partial charge in [-0.3, -0.25) is 9.78 Å². The second-order valence-corrected chi connectivity index (χ2v) is 6.42. The van der Waals surface area contributed by atoms with E-state index in [2.05, 4.69) is 27.4 Å². The number of aromatic nitrogens is 2. The van der Waals surface area contributed by atoms with Crippen LogP contribution in [0.4, 0.5) is 5.82 Å². The Bertz CT molecular complexity index is 852. The van der Waals surface area contributed by atoms with Crippen molar-refractivity contribution in [3.8, 4) is 0 Å². The minimum atomic E-state index is -0.00225. The first-order valence-corrected chi connectivity index (χ1v) is 9.10. The van der Waals surface area contributed by atoms with Gasteiger partial charge in [-0.15, -0.1) is 0 Å². The fourth-order valence-corrected chi connectivity index (χ4v) is 2.81. The molecule has 2 aromatic heterocycles. The van der Waals surface area contributed by atoms with E-state index in [-0.39, 0.29) is 5.91 Å². The molecule has 0 spiro atoms. The summed E-state index contributed by atoms with van der Waals surface area (Å²) in [6.45, 7) is 1.43. The molecular weight excluding hydrogens is 336 g/mol. The van der Waals surface area contributed by atoms with E-state index in [0.29, 0.717) is 12.1 Å². The van der Waals surface area contributed by atoms with Crippen LogP contribution in [0.25, 0.3) is 0 Å². The van der Waals surface area contributed by atoms with Gasteiger partial charge in [0.1, 0.15) is 5.82 Å². The van der Waals surface area contributed by atoms with Gasteiger partial charge in [-0.2, -0.15) is 0 Å². The van der Waals surface area contributed by atoms with Crippen LogP contribution in [0.2, 0.25) is 0 Å². The molecule has 0 atom stereocenters. The van der Waals surface area contributed by atoms with Gasteiger partial charge in [0.2, 0.25) is 0 Å². The molecule has 27 heavy (non-hydrogen) atoms. The molecule has 0 saturated carbocycles. The SMILES string of the molecule is CN(CCc1ccncc1)C(=O)c1ccnc(NCCc2ccccc2)c1. The maximum atomic E-state index is 12.7. The van der Waals surface area contributed by atoms with E-state index in [1.54, 1.807) is 29.6 Å². The van der Waals surface area contributed by atoms with Crippen LogP contribution >= 0.6 is 0 Å². The lowest BCUT2D eigenvalue weighted by molar-refractivity contribution is 0.0796. The van der Waals surface area contributed by atoms with Gasteiger partial charge in [-0.25, -0.2) is 4.98 Å². The van der Waals surface area contributed by atoms with Crippen molar-refractivity contribution in [1.82, 2.24) is 14.9 Å². The van der Waals surface area contributed by atoms with E-state index in [1.807, 2.05) is 43.4 Å². The minimum absolute atomic E-state index is 0.00225. The van der Waals surface area contributed by atoms with E-state index in [0.717, 1.165) is 25.2 Å². The Hall–Kier alpha value is -3.21. The highest BCUT2D eigenvalue weighted by Gasteiger charge is 2.12. The number of benzene rings is 1. The number of nitrogens with one attached hydrogen (secondary N) is 1. The molecule has 5 heteroatoms. The average Bonchev–Trinajstić information content (AvgIpc) is 2.73. The first-order valence-electron chi connectivity index (χ1n) is 9.10. The van der Waals surface area contributed by atoms with Crippen LogP contribution < -0.4 is 5.32 Å². The molecule has 138 valence electrons. The summed E-state index contributed by atoms with van der Waals surface area (Å²) in [6, 6.07) is 17.8. The largest absolute Gasteiger partial charge is 0.370 e. The van der Waals surface area contributed by atoms with Crippen molar-refractivity contribution in [2.75, 3.05) is 25.5 Å². The number of carbonyl (C=O) groups excluding carboxylic acids is 1. The number of carbonyl (C=O) groups is 1. The molecule has 3 aromatic rings. The summed E-state index contributed by atoms with van der Waals surface area (Å²) >= 11 is 0. The van der Waals surface area contributed by atoms with Crippen LogP contribution in [-0.4, -0.2) is 40.9 Å². The molecular formula is C22H24N4O. The summed E-state index contributed by atoms with van der Waals surface area (Å²) in [5.74, 6) is 0.719. The summed E-state index contributed by atoms with van der Waals surface area (Å²) in [7, 11) is 1.83. The third-order valence-electron chi connectivity index (χ3n) is 4.40. The Balaban J connectivity index is 1.53. The summed E-state index contributed by atoms with van der Waals surface area (Å²) in [5.41, 5.74) is 3.08. The Morgan fingerprint density at radius 3 is 2.48 bits per heavy atom. The molecule has 0 radical (unpaired) electrons. The highest BCUT2D eigenvalue weighted by atomic mass is 16.2. The molecule has 0 saturated heterocycles. The standard InChI is InChI=1S/C22H24N4O/c1-26(16-11-19-7-12-23-13-8-19)22(27)20-10-15-25-21(17-20)24-14-9-18-5-3-2-4-6-18/h2-8,10,12-13,15,17H,9,11,14,16H2,1H3,(H,24,25). The van der Waals surface area contributed by atoms with E-state index in [1.165, 1.54) is 11.1 Å². The summed E-state index contributed by atoms with van der Waals surface area (Å²) in [5, 5.41) is 3.30. The molecule has 2 heterocycles. The molecule has 0 aliphatic carbocycles. The van der Waals surface area contributed by atoms with Crippen LogP contribution in [0.1, 0.15) is 21.5 Å². The van der Waals surface area contributed by atoms with Crippen molar-refractivity contribution in [1.29, 1.82) is 0 Å². The molecule has 0 bridgehead atoms. The lowest BCUT2D eigenvalue weighted by Gasteiger charge is -2.17. The van der Waals surface area contributed by atoms with Crippen molar-refractivity contribution in [3.63, 3.8) is 0 Å². The third-order valence-corrected chi connectivity index (χ3v) is 4.40. The van der Waals surface area contributed by atoms with Crippen molar-refractivity contribution in [2.24, 2.45) is 0 Å². The van der Waals surface area contributed by atoms with Gasteiger partial charge in [-0.05, 0) is 48.2 Å². The Morgan fingerprint density at radius 2 is 1.70 bits per heavy atom. The van der Waals surface area contributed by atoms with Crippen LogP contribution in [0.15, 0.2) is 73.2 Å². The molecule has 1 N–H and O–H groups in total. The van der Waals surface area contributed by atoms with Gasteiger partial charge in [0, 0.05) is 44.3 Å². The molecule has 5 nitrogen and oxygen atoms in total. The zero-order valence-electron chi connectivity index (χ0n) is 15.5. The minimum Gasteiger partial charge on any atom is -0.370 e. The van der Waals surface area contributed by atoms with Crippen molar-refractivity contribution < 1.29 is 4.79 Å². The predicted molar refractivity (Wildman–Crippen MR) is 108 cm³/mol. The van der Waals surface area contributed by atoms with Gasteiger partial charge >= 0.3 is 0 Å². The normalized spacial score (nSPS) is 10.4. The quantitative estimate of drug-likeness (QED) is 0.668. The van der Waals surface area contributed by atoms with E-state index < -0.39 is 0 Å². The number of likely N-dealkylation sites (N-methyl/N-ethyl adjacent to an activating group) is 1. The number of rotatable bonds is 8. The highest BCUT2D eigenvalue weighted by Crippen LogP contribution is 2.10. The topological polar surface area (TPSA) is 58.1 Å². The molecule has 0 aliphatic rings. The first kappa shape index (κ1) is 18.6. The lowest BCUT2D eigenvalue weighted by Crippen LogP contribution is -2.29. The second kappa shape index (κ2) is 9.48. The maximum absolute atomic E-state index is 12.7. The Kier molecular flexibility index (Phi) is 6.52. The fourth-order valence-electron chi connectivity index (χ4n) is 2.81. The monoisotopic (exact) mass is 360 g/mol. The number of anilines is 1. The van der Waals surface area contributed by atoms with Gasteiger partial charge in [-0.1, -0.05) is 30.3 Å². The Labute approximate surface area is 160 Å². The number of hydrogen-bond acceptors (Lipinski definition) is 4. The smallest absolute Gasteiger partial charge is 0.253 e. The summed E-state index contributed by atoms with van der Waals surface area (Å²) < 4.78 is 0. The number of amides is 1. The van der Waals surface area contributed by atoms with Crippen LogP contribution in [-0.2, 0) is 12.8 Å². The van der Waals surface area contributed by atoms with Crippen molar-refractivity contribution in [2.45, 2.75) is 12.8 Å². The predicted octanol–water partition coefficient (Wildman–Crippen LogP) is 3.45. The molecule has 3 rings (SSSR count). The fraction of sp³-hybridized carbons (Fsp3) is 0.227. The maximum Gasteiger partial charge on any atom is 0.253 e. The second-order valence-electron chi connectivity index (χ2n) is 6.42. The molecule has 1 aromatic carbocycles. The first-order chi connectivity index (χ1) is 13.2. The van der Waals surface area contributed by atoms with Crippen molar-refractivity contribution >= 4 is 11.7 Å². The van der Waals surface area contributed by atoms with Crippen molar-refractivity contribution in [3.05, 3.63) is 89.9 Å².